The second-order valence-corrected chi connectivity index (χ2v) is 6.16. The van der Waals surface area contributed by atoms with E-state index in [-0.39, 0.29) is 12.1 Å². The third kappa shape index (κ3) is 4.77. The molecule has 0 unspecified atom stereocenters. The number of amides is 1. The smallest absolute Gasteiger partial charge is 0.262 e. The summed E-state index contributed by atoms with van der Waals surface area (Å²) in [6, 6.07) is 15.0. The van der Waals surface area contributed by atoms with Crippen LogP contribution in [0.3, 0.4) is 0 Å². The van der Waals surface area contributed by atoms with Gasteiger partial charge < -0.3 is 19.2 Å². The minimum absolute atomic E-state index is 0.0215. The molecule has 0 fully saturated rings. The molecule has 6 nitrogen and oxygen atoms in total. The molecule has 148 valence electrons. The molecule has 29 heavy (non-hydrogen) atoms. The number of ether oxygens (including phenoxy) is 2. The lowest BCUT2D eigenvalue weighted by molar-refractivity contribution is -0.117. The van der Waals surface area contributed by atoms with E-state index in [4.69, 9.17) is 13.9 Å². The number of carbonyl (C=O) groups excluding carboxylic acids is 1. The fourth-order valence-electron chi connectivity index (χ4n) is 2.96. The average molecular weight is 390 g/mol. The number of rotatable bonds is 8. The molecular formula is C23H22N2O4. The molecular weight excluding hydrogens is 368 g/mol. The fraction of sp³-hybridized carbons (Fsp3) is 0.217. The summed E-state index contributed by atoms with van der Waals surface area (Å²) in [6.07, 6.45) is 3.09. The Morgan fingerprint density at radius 3 is 2.66 bits per heavy atom. The minimum Gasteiger partial charge on any atom is -0.494 e. The predicted molar refractivity (Wildman–Crippen MR) is 110 cm³/mol. The lowest BCUT2D eigenvalue weighted by atomic mass is 10.0. The minimum atomic E-state index is -0.482. The van der Waals surface area contributed by atoms with Crippen LogP contribution in [0.15, 0.2) is 58.7 Å². The van der Waals surface area contributed by atoms with Crippen molar-refractivity contribution in [2.75, 3.05) is 13.2 Å². The lowest BCUT2D eigenvalue weighted by Gasteiger charge is -2.13. The SMILES string of the molecule is CCOc1ccc2ccc(OCC)c(C=C(C#N)C(=O)NCc3ccco3)c2c1. The second kappa shape index (κ2) is 9.47. The molecule has 0 saturated carbocycles. The maximum absolute atomic E-state index is 12.5. The van der Waals surface area contributed by atoms with Gasteiger partial charge in [0.25, 0.3) is 5.91 Å². The molecule has 1 N–H and O–H groups in total. The van der Waals surface area contributed by atoms with Crippen molar-refractivity contribution in [1.29, 1.82) is 5.26 Å². The third-order valence-corrected chi connectivity index (χ3v) is 4.26. The summed E-state index contributed by atoms with van der Waals surface area (Å²) in [6.45, 7) is 5.01. The zero-order valence-electron chi connectivity index (χ0n) is 16.4. The lowest BCUT2D eigenvalue weighted by Crippen LogP contribution is -2.23. The van der Waals surface area contributed by atoms with Crippen LogP contribution in [-0.2, 0) is 11.3 Å². The van der Waals surface area contributed by atoms with Gasteiger partial charge in [0, 0.05) is 5.56 Å². The largest absolute Gasteiger partial charge is 0.494 e. The van der Waals surface area contributed by atoms with Crippen LogP contribution in [-0.4, -0.2) is 19.1 Å². The van der Waals surface area contributed by atoms with Gasteiger partial charge in [-0.05, 0) is 61.0 Å². The Balaban J connectivity index is 2.01. The van der Waals surface area contributed by atoms with Gasteiger partial charge in [0.1, 0.15) is 28.9 Å². The summed E-state index contributed by atoms with van der Waals surface area (Å²) >= 11 is 0. The average Bonchev–Trinajstić information content (AvgIpc) is 3.25. The first-order valence-electron chi connectivity index (χ1n) is 9.41. The van der Waals surface area contributed by atoms with Crippen LogP contribution in [0.4, 0.5) is 0 Å². The molecule has 1 amide bonds. The Morgan fingerprint density at radius 2 is 1.97 bits per heavy atom. The maximum Gasteiger partial charge on any atom is 0.262 e. The van der Waals surface area contributed by atoms with E-state index < -0.39 is 5.91 Å². The topological polar surface area (TPSA) is 84.5 Å². The zero-order chi connectivity index (χ0) is 20.6. The summed E-state index contributed by atoms with van der Waals surface area (Å²) in [7, 11) is 0. The van der Waals surface area contributed by atoms with Crippen molar-refractivity contribution in [2.45, 2.75) is 20.4 Å². The highest BCUT2D eigenvalue weighted by Gasteiger charge is 2.14. The Morgan fingerprint density at radius 1 is 1.17 bits per heavy atom. The van der Waals surface area contributed by atoms with Gasteiger partial charge in [-0.15, -0.1) is 0 Å². The summed E-state index contributed by atoms with van der Waals surface area (Å²) in [4.78, 5) is 12.5. The van der Waals surface area contributed by atoms with Crippen molar-refractivity contribution in [3.8, 4) is 17.6 Å². The van der Waals surface area contributed by atoms with E-state index in [2.05, 4.69) is 5.32 Å². The van der Waals surface area contributed by atoms with Gasteiger partial charge in [0.2, 0.25) is 0 Å². The molecule has 0 atom stereocenters. The van der Waals surface area contributed by atoms with Gasteiger partial charge in [-0.1, -0.05) is 12.1 Å². The Bertz CT molecular complexity index is 1060. The summed E-state index contributed by atoms with van der Waals surface area (Å²) in [5.41, 5.74) is 0.641. The molecule has 0 radical (unpaired) electrons. The van der Waals surface area contributed by atoms with E-state index in [1.54, 1.807) is 18.2 Å². The molecule has 2 aromatic carbocycles. The monoisotopic (exact) mass is 390 g/mol. The third-order valence-electron chi connectivity index (χ3n) is 4.26. The second-order valence-electron chi connectivity index (χ2n) is 6.16. The molecule has 1 heterocycles. The maximum atomic E-state index is 12.5. The van der Waals surface area contributed by atoms with E-state index in [1.807, 2.05) is 50.2 Å². The van der Waals surface area contributed by atoms with Crippen LogP contribution in [0.5, 0.6) is 11.5 Å². The van der Waals surface area contributed by atoms with Gasteiger partial charge in [0.15, 0.2) is 0 Å². The summed E-state index contributed by atoms with van der Waals surface area (Å²) in [5, 5.41) is 14.1. The molecule has 0 spiro atoms. The zero-order valence-corrected chi connectivity index (χ0v) is 16.4. The van der Waals surface area contributed by atoms with Gasteiger partial charge in [0.05, 0.1) is 26.0 Å². The molecule has 6 heteroatoms. The van der Waals surface area contributed by atoms with E-state index >= 15 is 0 Å². The van der Waals surface area contributed by atoms with Crippen LogP contribution in [0, 0.1) is 11.3 Å². The number of hydrogen-bond donors (Lipinski definition) is 1. The highest BCUT2D eigenvalue weighted by atomic mass is 16.5. The van der Waals surface area contributed by atoms with E-state index in [1.165, 1.54) is 6.26 Å². The number of furan rings is 1. The number of nitrogens with zero attached hydrogens (tertiary/aromatic N) is 1. The molecule has 0 aliphatic heterocycles. The predicted octanol–water partition coefficient (Wildman–Crippen LogP) is 4.45. The fourth-order valence-corrected chi connectivity index (χ4v) is 2.96. The summed E-state index contributed by atoms with van der Waals surface area (Å²) < 4.78 is 16.6. The highest BCUT2D eigenvalue weighted by molar-refractivity contribution is 6.05. The van der Waals surface area contributed by atoms with Crippen LogP contribution >= 0.6 is 0 Å². The molecule has 0 bridgehead atoms. The van der Waals surface area contributed by atoms with Crippen molar-refractivity contribution in [1.82, 2.24) is 5.32 Å². The van der Waals surface area contributed by atoms with E-state index in [9.17, 15) is 10.1 Å². The van der Waals surface area contributed by atoms with Crippen LogP contribution in [0.1, 0.15) is 25.2 Å². The number of nitrogens with one attached hydrogen (secondary N) is 1. The first-order chi connectivity index (χ1) is 14.2. The van der Waals surface area contributed by atoms with Crippen molar-refractivity contribution >= 4 is 22.8 Å². The molecule has 1 aromatic heterocycles. The number of fused-ring (bicyclic) bond motifs is 1. The van der Waals surface area contributed by atoms with Gasteiger partial charge in [-0.25, -0.2) is 0 Å². The van der Waals surface area contributed by atoms with Gasteiger partial charge in [-0.3, -0.25) is 4.79 Å². The number of benzene rings is 2. The Kier molecular flexibility index (Phi) is 6.54. The van der Waals surface area contributed by atoms with Crippen molar-refractivity contribution in [3.63, 3.8) is 0 Å². The van der Waals surface area contributed by atoms with E-state index in [0.717, 1.165) is 10.8 Å². The molecule has 0 aliphatic rings. The quantitative estimate of drug-likeness (QED) is 0.454. The molecule has 0 aliphatic carbocycles. The number of nitriles is 1. The van der Waals surface area contributed by atoms with Crippen molar-refractivity contribution < 1.29 is 18.7 Å². The first-order valence-corrected chi connectivity index (χ1v) is 9.41. The normalized spacial score (nSPS) is 11.1. The number of carbonyl (C=O) groups is 1. The van der Waals surface area contributed by atoms with Gasteiger partial charge in [-0.2, -0.15) is 5.26 Å². The van der Waals surface area contributed by atoms with E-state index in [0.29, 0.717) is 36.0 Å². The Hall–Kier alpha value is -3.72. The van der Waals surface area contributed by atoms with Gasteiger partial charge >= 0.3 is 0 Å². The van der Waals surface area contributed by atoms with Crippen molar-refractivity contribution in [3.05, 3.63) is 65.6 Å². The summed E-state index contributed by atoms with van der Waals surface area (Å²) in [5.74, 6) is 1.44. The molecule has 3 rings (SSSR count). The van der Waals surface area contributed by atoms with Crippen molar-refractivity contribution in [2.24, 2.45) is 0 Å². The standard InChI is InChI=1S/C23H22N2O4/c1-3-27-18-9-7-16-8-10-22(28-4-2)21(20(16)13-18)12-17(14-24)23(26)25-15-19-6-5-11-29-19/h5-13H,3-4,15H2,1-2H3,(H,25,26). The first kappa shape index (κ1) is 20.0. The van der Waals surface area contributed by atoms with Crippen LogP contribution in [0.25, 0.3) is 16.8 Å². The molecule has 0 saturated heterocycles. The number of hydrogen-bond acceptors (Lipinski definition) is 5. The van der Waals surface area contributed by atoms with Crippen LogP contribution < -0.4 is 14.8 Å². The Labute approximate surface area is 169 Å². The van der Waals surface area contributed by atoms with Crippen LogP contribution in [0.2, 0.25) is 0 Å². The highest BCUT2D eigenvalue weighted by Crippen LogP contribution is 2.33. The molecule has 3 aromatic rings.